The van der Waals surface area contributed by atoms with Gasteiger partial charge in [-0.1, -0.05) is 0 Å². The molecular formula is C14H12N4O4. The Morgan fingerprint density at radius 3 is 3.00 bits per heavy atom. The van der Waals surface area contributed by atoms with Gasteiger partial charge in [0.25, 0.3) is 5.91 Å². The quantitative estimate of drug-likeness (QED) is 0.645. The molecule has 8 nitrogen and oxygen atoms in total. The molecule has 0 saturated heterocycles. The van der Waals surface area contributed by atoms with Crippen molar-refractivity contribution < 1.29 is 19.1 Å². The molecule has 0 aliphatic rings. The second-order valence-electron chi connectivity index (χ2n) is 4.68. The molecule has 3 rings (SSSR count). The fourth-order valence-corrected chi connectivity index (χ4v) is 2.06. The van der Waals surface area contributed by atoms with Gasteiger partial charge >= 0.3 is 5.97 Å². The van der Waals surface area contributed by atoms with Gasteiger partial charge in [0.2, 0.25) is 0 Å². The lowest BCUT2D eigenvalue weighted by molar-refractivity contribution is -0.139. The highest BCUT2D eigenvalue weighted by atomic mass is 16.4. The molecule has 3 N–H and O–H groups in total. The van der Waals surface area contributed by atoms with Gasteiger partial charge in [-0.05, 0) is 18.2 Å². The van der Waals surface area contributed by atoms with Gasteiger partial charge < -0.3 is 19.8 Å². The van der Waals surface area contributed by atoms with Crippen LogP contribution in [0.5, 0.6) is 0 Å². The number of oxazole rings is 1. The summed E-state index contributed by atoms with van der Waals surface area (Å²) < 4.78 is 5.09. The van der Waals surface area contributed by atoms with Crippen molar-refractivity contribution in [1.29, 1.82) is 0 Å². The van der Waals surface area contributed by atoms with Crippen LogP contribution in [-0.2, 0) is 11.2 Å². The van der Waals surface area contributed by atoms with Gasteiger partial charge in [0.15, 0.2) is 12.0 Å². The predicted molar refractivity (Wildman–Crippen MR) is 75.2 cm³/mol. The van der Waals surface area contributed by atoms with Gasteiger partial charge in [0, 0.05) is 23.9 Å². The standard InChI is InChI=1S/C14H12N4O4/c19-13(8-1-2-12-10(3-8)17-7-22-12)18-11(14(20)21)4-9-5-15-6-16-9/h1-3,5-7,11H,4H2,(H,15,16)(H,18,19)(H,20,21). The maximum atomic E-state index is 12.2. The van der Waals surface area contributed by atoms with Gasteiger partial charge in [-0.2, -0.15) is 0 Å². The molecule has 1 atom stereocenters. The number of nitrogens with zero attached hydrogens (tertiary/aromatic N) is 2. The second kappa shape index (κ2) is 5.68. The first-order chi connectivity index (χ1) is 10.6. The predicted octanol–water partition coefficient (Wildman–Crippen LogP) is 0.977. The van der Waals surface area contributed by atoms with Crippen LogP contribution in [0.2, 0.25) is 0 Å². The maximum absolute atomic E-state index is 12.2. The number of nitrogens with one attached hydrogen (secondary N) is 2. The summed E-state index contributed by atoms with van der Waals surface area (Å²) in [4.78, 5) is 34.1. The second-order valence-corrected chi connectivity index (χ2v) is 4.68. The average Bonchev–Trinajstić information content (AvgIpc) is 3.16. The molecule has 112 valence electrons. The molecule has 0 radical (unpaired) electrons. The van der Waals surface area contributed by atoms with Crippen LogP contribution in [0.4, 0.5) is 0 Å². The molecule has 1 unspecified atom stereocenters. The number of carboxylic acid groups (broad SMARTS) is 1. The van der Waals surface area contributed by atoms with Gasteiger partial charge in [0.1, 0.15) is 11.6 Å². The van der Waals surface area contributed by atoms with Crippen molar-refractivity contribution in [2.24, 2.45) is 0 Å². The van der Waals surface area contributed by atoms with E-state index < -0.39 is 17.9 Å². The summed E-state index contributed by atoms with van der Waals surface area (Å²) in [5.41, 5.74) is 2.04. The molecule has 2 aromatic heterocycles. The molecule has 0 spiro atoms. The van der Waals surface area contributed by atoms with Gasteiger partial charge in [-0.25, -0.2) is 14.8 Å². The summed E-state index contributed by atoms with van der Waals surface area (Å²) in [5, 5.41) is 11.7. The highest BCUT2D eigenvalue weighted by Crippen LogP contribution is 2.14. The van der Waals surface area contributed by atoms with Gasteiger partial charge in [0.05, 0.1) is 6.33 Å². The Morgan fingerprint density at radius 1 is 1.41 bits per heavy atom. The third kappa shape index (κ3) is 2.80. The highest BCUT2D eigenvalue weighted by molar-refractivity contribution is 5.98. The number of aliphatic carboxylic acids is 1. The topological polar surface area (TPSA) is 121 Å². The molecule has 0 aliphatic heterocycles. The fraction of sp³-hybridized carbons (Fsp3) is 0.143. The van der Waals surface area contributed by atoms with Crippen LogP contribution in [-0.4, -0.2) is 38.0 Å². The molecule has 1 aromatic carbocycles. The number of hydrogen-bond donors (Lipinski definition) is 3. The number of imidazole rings is 1. The van der Waals surface area contributed by atoms with E-state index in [1.54, 1.807) is 18.2 Å². The van der Waals surface area contributed by atoms with Crippen LogP contribution in [0, 0.1) is 0 Å². The van der Waals surface area contributed by atoms with E-state index in [-0.39, 0.29) is 6.42 Å². The van der Waals surface area contributed by atoms with Gasteiger partial charge in [-0.15, -0.1) is 0 Å². The Morgan fingerprint density at radius 2 is 2.27 bits per heavy atom. The van der Waals surface area contributed by atoms with Crippen molar-refractivity contribution in [2.45, 2.75) is 12.5 Å². The summed E-state index contributed by atoms with van der Waals surface area (Å²) in [6, 6.07) is 3.66. The summed E-state index contributed by atoms with van der Waals surface area (Å²) in [5.74, 6) is -1.61. The van der Waals surface area contributed by atoms with Crippen LogP contribution in [0.3, 0.4) is 0 Å². The molecule has 0 fully saturated rings. The Bertz CT molecular complexity index is 809. The van der Waals surface area contributed by atoms with E-state index >= 15 is 0 Å². The maximum Gasteiger partial charge on any atom is 0.326 e. The fourth-order valence-electron chi connectivity index (χ4n) is 2.06. The number of carbonyl (C=O) groups excluding carboxylic acids is 1. The zero-order valence-corrected chi connectivity index (χ0v) is 11.3. The first kappa shape index (κ1) is 13.8. The largest absolute Gasteiger partial charge is 0.480 e. The monoisotopic (exact) mass is 300 g/mol. The minimum absolute atomic E-state index is 0.118. The third-order valence-corrected chi connectivity index (χ3v) is 3.17. The van der Waals surface area contributed by atoms with Crippen LogP contribution >= 0.6 is 0 Å². The van der Waals surface area contributed by atoms with E-state index in [2.05, 4.69) is 20.3 Å². The van der Waals surface area contributed by atoms with E-state index in [0.717, 1.165) is 0 Å². The number of hydrogen-bond acceptors (Lipinski definition) is 5. The highest BCUT2D eigenvalue weighted by Gasteiger charge is 2.22. The number of carbonyl (C=O) groups is 2. The smallest absolute Gasteiger partial charge is 0.326 e. The summed E-state index contributed by atoms with van der Waals surface area (Å²) in [7, 11) is 0. The van der Waals surface area contributed by atoms with E-state index in [1.165, 1.54) is 18.9 Å². The van der Waals surface area contributed by atoms with Crippen molar-refractivity contribution in [3.8, 4) is 0 Å². The summed E-state index contributed by atoms with van der Waals surface area (Å²) in [6.07, 6.45) is 4.37. The number of carboxylic acids is 1. The minimum Gasteiger partial charge on any atom is -0.480 e. The molecule has 0 bridgehead atoms. The summed E-state index contributed by atoms with van der Waals surface area (Å²) >= 11 is 0. The molecule has 3 aromatic rings. The van der Waals surface area contributed by atoms with E-state index in [1.807, 2.05) is 0 Å². The van der Waals surface area contributed by atoms with Crippen molar-refractivity contribution in [3.63, 3.8) is 0 Å². The van der Waals surface area contributed by atoms with E-state index in [9.17, 15) is 14.7 Å². The number of aromatic amines is 1. The third-order valence-electron chi connectivity index (χ3n) is 3.17. The Labute approximate surface area is 124 Å². The van der Waals surface area contributed by atoms with Crippen molar-refractivity contribution in [2.75, 3.05) is 0 Å². The number of benzene rings is 1. The molecular weight excluding hydrogens is 288 g/mol. The number of rotatable bonds is 5. The normalized spacial score (nSPS) is 12.2. The zero-order valence-electron chi connectivity index (χ0n) is 11.3. The number of amides is 1. The van der Waals surface area contributed by atoms with Crippen LogP contribution in [0.15, 0.2) is 41.5 Å². The van der Waals surface area contributed by atoms with Crippen molar-refractivity contribution in [1.82, 2.24) is 20.3 Å². The number of H-pyrrole nitrogens is 1. The Hall–Kier alpha value is -3.16. The van der Waals surface area contributed by atoms with Crippen LogP contribution in [0.1, 0.15) is 16.1 Å². The van der Waals surface area contributed by atoms with Crippen LogP contribution in [0.25, 0.3) is 11.1 Å². The Balaban J connectivity index is 1.76. The van der Waals surface area contributed by atoms with Gasteiger partial charge in [-0.3, -0.25) is 4.79 Å². The SMILES string of the molecule is O=C(NC(Cc1cnc[nH]1)C(=O)O)c1ccc2ocnc2c1. The number of aromatic nitrogens is 3. The molecule has 0 aliphatic carbocycles. The lowest BCUT2D eigenvalue weighted by atomic mass is 10.1. The first-order valence-corrected chi connectivity index (χ1v) is 6.47. The molecule has 1 amide bonds. The van der Waals surface area contributed by atoms with Crippen molar-refractivity contribution >= 4 is 23.0 Å². The molecule has 8 heteroatoms. The lowest BCUT2D eigenvalue weighted by Gasteiger charge is -2.13. The zero-order chi connectivity index (χ0) is 15.5. The summed E-state index contributed by atoms with van der Waals surface area (Å²) in [6.45, 7) is 0. The molecule has 0 saturated carbocycles. The van der Waals surface area contributed by atoms with Crippen LogP contribution < -0.4 is 5.32 Å². The number of fused-ring (bicyclic) bond motifs is 1. The first-order valence-electron chi connectivity index (χ1n) is 6.47. The average molecular weight is 300 g/mol. The minimum atomic E-state index is -1.12. The van der Waals surface area contributed by atoms with E-state index in [4.69, 9.17) is 4.42 Å². The molecule has 22 heavy (non-hydrogen) atoms. The Kier molecular flexibility index (Phi) is 3.57. The molecule has 2 heterocycles. The van der Waals surface area contributed by atoms with Crippen molar-refractivity contribution in [3.05, 3.63) is 48.4 Å². The van der Waals surface area contributed by atoms with E-state index in [0.29, 0.717) is 22.4 Å². The lowest BCUT2D eigenvalue weighted by Crippen LogP contribution is -2.42.